The lowest BCUT2D eigenvalue weighted by Gasteiger charge is -2.17. The summed E-state index contributed by atoms with van der Waals surface area (Å²) in [4.78, 5) is 15.5. The maximum Gasteiger partial charge on any atom is 0.237 e. The zero-order valence-electron chi connectivity index (χ0n) is 13.4. The number of carbonyl (C=O) groups is 1. The molecular formula is C19H19NO3S. The normalized spacial score (nSPS) is 15.8. The molecule has 0 aromatic heterocycles. The zero-order valence-corrected chi connectivity index (χ0v) is 14.2. The van der Waals surface area contributed by atoms with Crippen LogP contribution in [-0.2, 0) is 11.2 Å². The van der Waals surface area contributed by atoms with E-state index in [1.807, 2.05) is 41.3 Å². The van der Waals surface area contributed by atoms with Gasteiger partial charge < -0.3 is 14.4 Å². The predicted octanol–water partition coefficient (Wildman–Crippen LogP) is 3.53. The van der Waals surface area contributed by atoms with Crippen LogP contribution in [0.25, 0.3) is 0 Å². The van der Waals surface area contributed by atoms with Crippen molar-refractivity contribution in [2.24, 2.45) is 0 Å². The van der Waals surface area contributed by atoms with Crippen molar-refractivity contribution >= 4 is 23.4 Å². The topological polar surface area (TPSA) is 38.8 Å². The van der Waals surface area contributed by atoms with E-state index in [1.165, 1.54) is 5.56 Å². The summed E-state index contributed by atoms with van der Waals surface area (Å²) in [6, 6.07) is 14.0. The number of carbonyl (C=O) groups excluding carboxylic acids is 1. The lowest BCUT2D eigenvalue weighted by Crippen LogP contribution is -2.30. The van der Waals surface area contributed by atoms with E-state index in [2.05, 4.69) is 6.07 Å². The van der Waals surface area contributed by atoms with Crippen molar-refractivity contribution in [1.29, 1.82) is 0 Å². The lowest BCUT2D eigenvalue weighted by molar-refractivity contribution is -0.116. The number of amides is 1. The Balaban J connectivity index is 1.42. The number of hydrogen-bond donors (Lipinski definition) is 0. The minimum Gasteiger partial charge on any atom is -0.490 e. The van der Waals surface area contributed by atoms with Crippen LogP contribution in [0.5, 0.6) is 11.5 Å². The van der Waals surface area contributed by atoms with Gasteiger partial charge in [-0.1, -0.05) is 18.2 Å². The van der Waals surface area contributed by atoms with Crippen LogP contribution < -0.4 is 14.4 Å². The minimum atomic E-state index is 0.150. The second-order valence-corrected chi connectivity index (χ2v) is 6.92. The van der Waals surface area contributed by atoms with Crippen molar-refractivity contribution in [3.05, 3.63) is 48.0 Å². The number of ether oxygens (including phenoxy) is 2. The van der Waals surface area contributed by atoms with Crippen LogP contribution in [0.15, 0.2) is 47.4 Å². The van der Waals surface area contributed by atoms with Gasteiger partial charge in [-0.2, -0.15) is 0 Å². The average molecular weight is 341 g/mol. The molecule has 0 saturated heterocycles. The molecule has 2 aromatic carbocycles. The molecular weight excluding hydrogens is 322 g/mol. The fourth-order valence-electron chi connectivity index (χ4n) is 3.05. The monoisotopic (exact) mass is 341 g/mol. The summed E-state index contributed by atoms with van der Waals surface area (Å²) in [5, 5.41) is 0. The van der Waals surface area contributed by atoms with Gasteiger partial charge >= 0.3 is 0 Å². The Morgan fingerprint density at radius 1 is 1.08 bits per heavy atom. The summed E-state index contributed by atoms with van der Waals surface area (Å²) >= 11 is 1.54. The third-order valence-electron chi connectivity index (χ3n) is 4.27. The van der Waals surface area contributed by atoms with Crippen LogP contribution in [0.1, 0.15) is 12.0 Å². The fraction of sp³-hybridized carbons (Fsp3) is 0.316. The van der Waals surface area contributed by atoms with Crippen molar-refractivity contribution < 1.29 is 14.3 Å². The molecule has 0 N–H and O–H groups in total. The molecule has 0 saturated carbocycles. The number of fused-ring (bicyclic) bond motifs is 2. The molecule has 0 unspecified atom stereocenters. The molecule has 2 aromatic rings. The first-order valence-corrected chi connectivity index (χ1v) is 9.20. The van der Waals surface area contributed by atoms with Crippen LogP contribution in [0.3, 0.4) is 0 Å². The second-order valence-electron chi connectivity index (χ2n) is 5.87. The highest BCUT2D eigenvalue weighted by Crippen LogP contribution is 2.34. The lowest BCUT2D eigenvalue weighted by atomic mass is 10.2. The summed E-state index contributed by atoms with van der Waals surface area (Å²) in [5.41, 5.74) is 2.31. The van der Waals surface area contributed by atoms with Gasteiger partial charge in [-0.05, 0) is 36.2 Å². The van der Waals surface area contributed by atoms with E-state index >= 15 is 0 Å². The molecule has 124 valence electrons. The van der Waals surface area contributed by atoms with Gasteiger partial charge in [0.2, 0.25) is 5.91 Å². The van der Waals surface area contributed by atoms with Crippen LogP contribution in [-0.4, -0.2) is 31.4 Å². The van der Waals surface area contributed by atoms with E-state index in [-0.39, 0.29) is 5.91 Å². The molecule has 0 fully saturated rings. The summed E-state index contributed by atoms with van der Waals surface area (Å²) in [5.74, 6) is 2.14. The van der Waals surface area contributed by atoms with Crippen molar-refractivity contribution in [3.63, 3.8) is 0 Å². The smallest absolute Gasteiger partial charge is 0.237 e. The van der Waals surface area contributed by atoms with E-state index in [0.717, 1.165) is 41.5 Å². The standard InChI is InChI=1S/C19H19NO3S/c21-19(20-9-8-14-4-1-2-5-16(14)20)13-24-15-6-7-17-18(12-15)23-11-3-10-22-17/h1-2,4-7,12H,3,8-11,13H2. The van der Waals surface area contributed by atoms with Gasteiger partial charge in [-0.25, -0.2) is 0 Å². The third kappa shape index (κ3) is 3.08. The maximum absolute atomic E-state index is 12.6. The first kappa shape index (κ1) is 15.4. The Kier molecular flexibility index (Phi) is 4.34. The molecule has 4 nitrogen and oxygen atoms in total. The van der Waals surface area contributed by atoms with Gasteiger partial charge in [-0.3, -0.25) is 4.79 Å². The Hall–Kier alpha value is -2.14. The molecule has 2 aliphatic heterocycles. The molecule has 24 heavy (non-hydrogen) atoms. The Morgan fingerprint density at radius 2 is 1.92 bits per heavy atom. The first-order chi connectivity index (χ1) is 11.8. The van der Waals surface area contributed by atoms with Gasteiger partial charge in [0.1, 0.15) is 0 Å². The molecule has 0 atom stereocenters. The molecule has 0 radical (unpaired) electrons. The third-order valence-corrected chi connectivity index (χ3v) is 5.25. The molecule has 1 amide bonds. The van der Waals surface area contributed by atoms with Gasteiger partial charge in [-0.15, -0.1) is 11.8 Å². The van der Waals surface area contributed by atoms with Crippen molar-refractivity contribution in [2.75, 3.05) is 30.4 Å². The largest absolute Gasteiger partial charge is 0.490 e. The molecule has 2 heterocycles. The number of benzene rings is 2. The van der Waals surface area contributed by atoms with E-state index in [9.17, 15) is 4.79 Å². The van der Waals surface area contributed by atoms with Gasteiger partial charge in [0.05, 0.1) is 19.0 Å². The van der Waals surface area contributed by atoms with Crippen molar-refractivity contribution in [2.45, 2.75) is 17.7 Å². The van der Waals surface area contributed by atoms with E-state index in [1.54, 1.807) is 11.8 Å². The van der Waals surface area contributed by atoms with Crippen LogP contribution in [0, 0.1) is 0 Å². The van der Waals surface area contributed by atoms with Crippen molar-refractivity contribution in [1.82, 2.24) is 0 Å². The highest BCUT2D eigenvalue weighted by molar-refractivity contribution is 8.00. The minimum absolute atomic E-state index is 0.150. The Bertz CT molecular complexity index is 762. The van der Waals surface area contributed by atoms with E-state index in [0.29, 0.717) is 19.0 Å². The van der Waals surface area contributed by atoms with Crippen LogP contribution >= 0.6 is 11.8 Å². The highest BCUT2D eigenvalue weighted by atomic mass is 32.2. The second kappa shape index (κ2) is 6.77. The van der Waals surface area contributed by atoms with E-state index in [4.69, 9.17) is 9.47 Å². The number of nitrogens with zero attached hydrogens (tertiary/aromatic N) is 1. The summed E-state index contributed by atoms with van der Waals surface area (Å²) in [7, 11) is 0. The Labute approximate surface area is 145 Å². The molecule has 2 aliphatic rings. The quantitative estimate of drug-likeness (QED) is 0.801. The number of thioether (sulfide) groups is 1. The average Bonchev–Trinajstić information content (AvgIpc) is 2.91. The molecule has 0 spiro atoms. The van der Waals surface area contributed by atoms with E-state index < -0.39 is 0 Å². The maximum atomic E-state index is 12.6. The van der Waals surface area contributed by atoms with Crippen LogP contribution in [0.2, 0.25) is 0 Å². The highest BCUT2D eigenvalue weighted by Gasteiger charge is 2.24. The SMILES string of the molecule is O=C(CSc1ccc2c(c1)OCCCO2)N1CCc2ccccc21. The molecule has 0 aliphatic carbocycles. The molecule has 5 heteroatoms. The first-order valence-electron chi connectivity index (χ1n) is 8.22. The summed E-state index contributed by atoms with van der Waals surface area (Å²) in [6.07, 6.45) is 1.83. The van der Waals surface area contributed by atoms with Crippen LogP contribution in [0.4, 0.5) is 5.69 Å². The number of hydrogen-bond acceptors (Lipinski definition) is 4. The molecule has 4 rings (SSSR count). The van der Waals surface area contributed by atoms with Gasteiger partial charge in [0.15, 0.2) is 11.5 Å². The fourth-order valence-corrected chi connectivity index (χ4v) is 3.85. The number of para-hydroxylation sites is 1. The van der Waals surface area contributed by atoms with Crippen molar-refractivity contribution in [3.8, 4) is 11.5 Å². The Morgan fingerprint density at radius 3 is 2.83 bits per heavy atom. The summed E-state index contributed by atoms with van der Waals surface area (Å²) in [6.45, 7) is 2.14. The predicted molar refractivity (Wildman–Crippen MR) is 95.3 cm³/mol. The summed E-state index contributed by atoms with van der Waals surface area (Å²) < 4.78 is 11.3. The van der Waals surface area contributed by atoms with Gasteiger partial charge in [0, 0.05) is 23.5 Å². The number of rotatable bonds is 3. The molecule has 0 bridgehead atoms. The number of anilines is 1. The van der Waals surface area contributed by atoms with Gasteiger partial charge in [0.25, 0.3) is 0 Å². The zero-order chi connectivity index (χ0) is 16.4.